The Kier molecular flexibility index (Phi) is 7.12. The van der Waals surface area contributed by atoms with Crippen molar-refractivity contribution in [2.24, 2.45) is 4.99 Å². The molecule has 1 aliphatic heterocycles. The number of benzene rings is 2. The number of methoxy groups -OCH3 is 1. The van der Waals surface area contributed by atoms with Gasteiger partial charge in [0.25, 0.3) is 0 Å². The first kappa shape index (κ1) is 22.3. The highest BCUT2D eigenvalue weighted by Gasteiger charge is 2.38. The molecule has 0 bridgehead atoms. The van der Waals surface area contributed by atoms with Gasteiger partial charge < -0.3 is 15.2 Å². The standard InChI is InChI=1S/C20H19Cl2N3O4S/c1-3-25-19(28)16(10-17(26)23-11-5-4-6-13(7-11)29-2)30-20(25)24-12-8-14(21)18(27)15(22)9-12/h4-9,16,27H,3,10H2,1-2H3,(H,23,26)/t16-/m0/s1. The molecule has 7 nitrogen and oxygen atoms in total. The molecule has 2 amide bonds. The number of halogens is 2. The average molecular weight is 468 g/mol. The minimum Gasteiger partial charge on any atom is -0.505 e. The number of nitrogens with one attached hydrogen (secondary N) is 1. The number of thioether (sulfide) groups is 1. The number of amidine groups is 1. The monoisotopic (exact) mass is 467 g/mol. The van der Waals surface area contributed by atoms with Crippen LogP contribution in [0.25, 0.3) is 0 Å². The van der Waals surface area contributed by atoms with Gasteiger partial charge >= 0.3 is 0 Å². The van der Waals surface area contributed by atoms with Crippen molar-refractivity contribution in [2.45, 2.75) is 18.6 Å². The lowest BCUT2D eigenvalue weighted by molar-refractivity contribution is -0.128. The average Bonchev–Trinajstić information content (AvgIpc) is 3.00. The van der Waals surface area contributed by atoms with Crippen molar-refractivity contribution in [2.75, 3.05) is 19.0 Å². The van der Waals surface area contributed by atoms with Crippen LogP contribution in [0.3, 0.4) is 0 Å². The summed E-state index contributed by atoms with van der Waals surface area (Å²) < 4.78 is 5.14. The molecule has 0 spiro atoms. The summed E-state index contributed by atoms with van der Waals surface area (Å²) in [6, 6.07) is 9.89. The lowest BCUT2D eigenvalue weighted by atomic mass is 10.2. The number of aromatic hydroxyl groups is 1. The number of ether oxygens (including phenoxy) is 1. The maximum atomic E-state index is 12.7. The molecule has 0 aliphatic carbocycles. The van der Waals surface area contributed by atoms with Gasteiger partial charge in [0.05, 0.1) is 22.8 Å². The van der Waals surface area contributed by atoms with Gasteiger partial charge in [-0.05, 0) is 31.2 Å². The number of nitrogens with zero attached hydrogens (tertiary/aromatic N) is 2. The van der Waals surface area contributed by atoms with E-state index in [1.165, 1.54) is 28.8 Å². The van der Waals surface area contributed by atoms with Crippen molar-refractivity contribution < 1.29 is 19.4 Å². The maximum Gasteiger partial charge on any atom is 0.242 e. The molecule has 158 valence electrons. The number of rotatable bonds is 6. The fourth-order valence-corrected chi connectivity index (χ4v) is 4.52. The van der Waals surface area contributed by atoms with E-state index in [1.54, 1.807) is 31.4 Å². The van der Waals surface area contributed by atoms with Crippen molar-refractivity contribution in [3.8, 4) is 11.5 Å². The van der Waals surface area contributed by atoms with Crippen LogP contribution in [0, 0.1) is 0 Å². The predicted molar refractivity (Wildman–Crippen MR) is 120 cm³/mol. The first-order chi connectivity index (χ1) is 14.3. The van der Waals surface area contributed by atoms with Crippen molar-refractivity contribution in [1.82, 2.24) is 4.90 Å². The molecule has 1 aliphatic rings. The molecule has 2 N–H and O–H groups in total. The maximum absolute atomic E-state index is 12.7. The smallest absolute Gasteiger partial charge is 0.242 e. The number of phenolic OH excluding ortho intramolecular Hbond substituents is 1. The van der Waals surface area contributed by atoms with Crippen molar-refractivity contribution in [3.63, 3.8) is 0 Å². The summed E-state index contributed by atoms with van der Waals surface area (Å²) in [7, 11) is 1.55. The van der Waals surface area contributed by atoms with E-state index in [4.69, 9.17) is 27.9 Å². The van der Waals surface area contributed by atoms with Gasteiger partial charge in [-0.15, -0.1) is 0 Å². The number of phenols is 1. The highest BCUT2D eigenvalue weighted by atomic mass is 35.5. The number of carbonyl (C=O) groups excluding carboxylic acids is 2. The van der Waals surface area contributed by atoms with Crippen LogP contribution in [-0.4, -0.2) is 45.9 Å². The predicted octanol–water partition coefficient (Wildman–Crippen LogP) is 4.69. The van der Waals surface area contributed by atoms with Gasteiger partial charge in [-0.25, -0.2) is 4.99 Å². The summed E-state index contributed by atoms with van der Waals surface area (Å²) in [5, 5.41) is 12.4. The number of hydrogen-bond donors (Lipinski definition) is 2. The van der Waals surface area contributed by atoms with Crippen LogP contribution in [-0.2, 0) is 9.59 Å². The summed E-state index contributed by atoms with van der Waals surface area (Å²) in [5.41, 5.74) is 0.988. The van der Waals surface area contributed by atoms with E-state index in [0.29, 0.717) is 28.8 Å². The lowest BCUT2D eigenvalue weighted by Crippen LogP contribution is -2.33. The Hall–Kier alpha value is -2.42. The Morgan fingerprint density at radius 2 is 2.00 bits per heavy atom. The van der Waals surface area contributed by atoms with E-state index in [0.717, 1.165) is 0 Å². The van der Waals surface area contributed by atoms with Gasteiger partial charge in [-0.1, -0.05) is 41.0 Å². The Bertz CT molecular complexity index is 992. The Morgan fingerprint density at radius 1 is 1.30 bits per heavy atom. The van der Waals surface area contributed by atoms with Crippen LogP contribution in [0.5, 0.6) is 11.5 Å². The van der Waals surface area contributed by atoms with E-state index >= 15 is 0 Å². The van der Waals surface area contributed by atoms with E-state index < -0.39 is 5.25 Å². The lowest BCUT2D eigenvalue weighted by Gasteiger charge is -2.13. The number of hydrogen-bond acceptors (Lipinski definition) is 6. The van der Waals surface area contributed by atoms with Crippen LogP contribution in [0.1, 0.15) is 13.3 Å². The minimum absolute atomic E-state index is 0.00663. The summed E-state index contributed by atoms with van der Waals surface area (Å²) in [6.45, 7) is 2.22. The number of aliphatic imine (C=N–C) groups is 1. The fraction of sp³-hybridized carbons (Fsp3) is 0.250. The van der Waals surface area contributed by atoms with Gasteiger partial charge in [0.1, 0.15) is 11.0 Å². The molecule has 0 aromatic heterocycles. The molecular weight excluding hydrogens is 449 g/mol. The quantitative estimate of drug-likeness (QED) is 0.642. The van der Waals surface area contributed by atoms with E-state index in [2.05, 4.69) is 10.3 Å². The molecule has 0 unspecified atom stereocenters. The van der Waals surface area contributed by atoms with E-state index in [-0.39, 0.29) is 34.0 Å². The van der Waals surface area contributed by atoms with Crippen LogP contribution in [0.2, 0.25) is 10.0 Å². The van der Waals surface area contributed by atoms with Crippen molar-refractivity contribution in [3.05, 3.63) is 46.4 Å². The number of carbonyl (C=O) groups is 2. The highest BCUT2D eigenvalue weighted by molar-refractivity contribution is 8.15. The Balaban J connectivity index is 1.74. The van der Waals surface area contributed by atoms with Gasteiger partial charge in [0.15, 0.2) is 10.9 Å². The SMILES string of the molecule is CCN1C(=O)[C@H](CC(=O)Nc2cccc(OC)c2)SC1=Nc1cc(Cl)c(O)c(Cl)c1. The molecule has 2 aromatic rings. The second kappa shape index (κ2) is 9.59. The Morgan fingerprint density at radius 3 is 2.63 bits per heavy atom. The van der Waals surface area contributed by atoms with E-state index in [1.807, 2.05) is 6.92 Å². The highest BCUT2D eigenvalue weighted by Crippen LogP contribution is 2.38. The van der Waals surface area contributed by atoms with Crippen LogP contribution in [0.4, 0.5) is 11.4 Å². The molecule has 1 saturated heterocycles. The molecule has 2 aromatic carbocycles. The zero-order valence-electron chi connectivity index (χ0n) is 16.2. The van der Waals surface area contributed by atoms with Gasteiger partial charge in [-0.3, -0.25) is 14.5 Å². The molecule has 1 atom stereocenters. The third-order valence-electron chi connectivity index (χ3n) is 4.29. The van der Waals surface area contributed by atoms with Crippen molar-refractivity contribution >= 4 is 63.3 Å². The first-order valence-electron chi connectivity index (χ1n) is 9.01. The summed E-state index contributed by atoms with van der Waals surface area (Å²) in [4.78, 5) is 31.2. The summed E-state index contributed by atoms with van der Waals surface area (Å²) in [5.74, 6) is -0.0890. The molecular formula is C20H19Cl2N3O4S. The largest absolute Gasteiger partial charge is 0.505 e. The summed E-state index contributed by atoms with van der Waals surface area (Å²) in [6.07, 6.45) is -0.00663. The normalized spacial score (nSPS) is 17.5. The molecule has 30 heavy (non-hydrogen) atoms. The van der Waals surface area contributed by atoms with Gasteiger partial charge in [0.2, 0.25) is 11.8 Å². The number of amides is 2. The van der Waals surface area contributed by atoms with Crippen molar-refractivity contribution in [1.29, 1.82) is 0 Å². The number of anilines is 1. The molecule has 1 heterocycles. The van der Waals surface area contributed by atoms with Gasteiger partial charge in [0, 0.05) is 24.7 Å². The molecule has 10 heteroatoms. The molecule has 0 radical (unpaired) electrons. The zero-order valence-corrected chi connectivity index (χ0v) is 18.5. The topological polar surface area (TPSA) is 91.2 Å². The van der Waals surface area contributed by atoms with E-state index in [9.17, 15) is 14.7 Å². The molecule has 3 rings (SSSR count). The fourth-order valence-electron chi connectivity index (χ4n) is 2.82. The third-order valence-corrected chi connectivity index (χ3v) is 6.04. The van der Waals surface area contributed by atoms with Crippen LogP contribution >= 0.6 is 35.0 Å². The van der Waals surface area contributed by atoms with Crippen LogP contribution in [0.15, 0.2) is 41.4 Å². The second-order valence-corrected chi connectivity index (χ2v) is 8.31. The van der Waals surface area contributed by atoms with Gasteiger partial charge in [-0.2, -0.15) is 0 Å². The summed E-state index contributed by atoms with van der Waals surface area (Å²) >= 11 is 13.1. The zero-order chi connectivity index (χ0) is 21.8. The minimum atomic E-state index is -0.600. The first-order valence-corrected chi connectivity index (χ1v) is 10.6. The second-order valence-electron chi connectivity index (χ2n) is 6.33. The third kappa shape index (κ3) is 5.00. The molecule has 0 saturated carbocycles. The van der Waals surface area contributed by atoms with Crippen LogP contribution < -0.4 is 10.1 Å². The Labute approximate surface area is 188 Å². The molecule has 1 fully saturated rings.